The highest BCUT2D eigenvalue weighted by molar-refractivity contribution is 6.35. The minimum absolute atomic E-state index is 0.194. The summed E-state index contributed by atoms with van der Waals surface area (Å²) in [5.41, 5.74) is 0.264. The van der Waals surface area contributed by atoms with Gasteiger partial charge in [0.2, 0.25) is 0 Å². The van der Waals surface area contributed by atoms with E-state index < -0.39 is 17.9 Å². The second kappa shape index (κ2) is 9.38. The lowest BCUT2D eigenvalue weighted by molar-refractivity contribution is -0.272. The molecule has 0 aromatic carbocycles. The van der Waals surface area contributed by atoms with Crippen LogP contribution < -0.4 is 0 Å². The number of ether oxygens (including phenoxy) is 1. The Balaban J connectivity index is 2.42. The van der Waals surface area contributed by atoms with Gasteiger partial charge in [-0.15, -0.1) is 0 Å². The van der Waals surface area contributed by atoms with Crippen molar-refractivity contribution in [2.45, 2.75) is 91.3 Å². The van der Waals surface area contributed by atoms with Gasteiger partial charge in [0.1, 0.15) is 6.10 Å². The maximum Gasteiger partial charge on any atom is 0.377 e. The molecule has 1 rings (SSSR count). The first-order valence-electron chi connectivity index (χ1n) is 8.84. The molecule has 0 aromatic rings. The Morgan fingerprint density at radius 2 is 1.74 bits per heavy atom. The van der Waals surface area contributed by atoms with Crippen molar-refractivity contribution in [3.8, 4) is 0 Å². The highest BCUT2D eigenvalue weighted by Crippen LogP contribution is 2.38. The summed E-state index contributed by atoms with van der Waals surface area (Å²) < 4.78 is 5.32. The van der Waals surface area contributed by atoms with Crippen LogP contribution in [0, 0.1) is 11.3 Å². The molecule has 5 nitrogen and oxygen atoms in total. The van der Waals surface area contributed by atoms with Gasteiger partial charge in [0.05, 0.1) is 0 Å². The van der Waals surface area contributed by atoms with Gasteiger partial charge in [-0.1, -0.05) is 47.0 Å². The summed E-state index contributed by atoms with van der Waals surface area (Å²) in [6.07, 6.45) is 5.31. The Kier molecular flexibility index (Phi) is 8.20. The van der Waals surface area contributed by atoms with Crippen molar-refractivity contribution in [1.82, 2.24) is 0 Å². The summed E-state index contributed by atoms with van der Waals surface area (Å²) in [4.78, 5) is 28.1. The number of carbonyl (C=O) groups excluding carboxylic acids is 2. The molecule has 1 fully saturated rings. The lowest BCUT2D eigenvalue weighted by Gasteiger charge is -2.36. The van der Waals surface area contributed by atoms with Crippen molar-refractivity contribution in [3.63, 3.8) is 0 Å². The quantitative estimate of drug-likeness (QED) is 0.238. The fraction of sp³-hybridized carbons (Fsp3) is 0.889. The molecule has 1 saturated carbocycles. The third-order valence-corrected chi connectivity index (χ3v) is 4.86. The van der Waals surface area contributed by atoms with Gasteiger partial charge in [0.15, 0.2) is 6.10 Å². The number of hydrogen-bond donors (Lipinski definition) is 1. The summed E-state index contributed by atoms with van der Waals surface area (Å²) in [6, 6.07) is 0. The van der Waals surface area contributed by atoms with Crippen LogP contribution in [0.1, 0.15) is 79.1 Å². The number of ketones is 1. The molecule has 0 heterocycles. The number of Topliss-reactive ketones (excluding diaryl/α,β-unsaturated/α-hetero) is 1. The molecule has 1 aliphatic rings. The van der Waals surface area contributed by atoms with Crippen molar-refractivity contribution in [3.05, 3.63) is 0 Å². The third kappa shape index (κ3) is 6.60. The van der Waals surface area contributed by atoms with E-state index in [-0.39, 0.29) is 11.5 Å². The largest absolute Gasteiger partial charge is 0.457 e. The van der Waals surface area contributed by atoms with Crippen LogP contribution in [0.25, 0.3) is 0 Å². The Hall–Kier alpha value is -0.940. The highest BCUT2D eigenvalue weighted by Gasteiger charge is 2.34. The van der Waals surface area contributed by atoms with Crippen molar-refractivity contribution in [1.29, 1.82) is 0 Å². The monoisotopic (exact) mass is 328 g/mol. The van der Waals surface area contributed by atoms with Crippen LogP contribution in [0.3, 0.4) is 0 Å². The van der Waals surface area contributed by atoms with Gasteiger partial charge in [-0.2, -0.15) is 0 Å². The van der Waals surface area contributed by atoms with E-state index in [9.17, 15) is 9.59 Å². The average molecular weight is 328 g/mol. The van der Waals surface area contributed by atoms with E-state index in [0.29, 0.717) is 12.3 Å². The van der Waals surface area contributed by atoms with Crippen molar-refractivity contribution in [2.24, 2.45) is 11.3 Å². The molecule has 0 saturated heterocycles. The second-order valence-electron chi connectivity index (χ2n) is 7.70. The van der Waals surface area contributed by atoms with Gasteiger partial charge < -0.3 is 4.74 Å². The Bertz CT molecular complexity index is 377. The molecule has 0 aliphatic heterocycles. The molecular weight excluding hydrogens is 296 g/mol. The normalized spacial score (nSPS) is 23.3. The van der Waals surface area contributed by atoms with E-state index in [0.717, 1.165) is 44.9 Å². The zero-order chi connectivity index (χ0) is 17.5. The first-order valence-corrected chi connectivity index (χ1v) is 8.84. The summed E-state index contributed by atoms with van der Waals surface area (Å²) in [6.45, 7) is 8.73. The molecule has 0 spiro atoms. The predicted octanol–water partition coefficient (Wildman–Crippen LogP) is 4.14. The van der Waals surface area contributed by atoms with E-state index in [4.69, 9.17) is 9.99 Å². The van der Waals surface area contributed by atoms with Crippen LogP contribution in [0.5, 0.6) is 0 Å². The lowest BCUT2D eigenvalue weighted by Crippen LogP contribution is -2.36. The average Bonchev–Trinajstić information content (AvgIpc) is 2.50. The van der Waals surface area contributed by atoms with Crippen molar-refractivity contribution >= 4 is 11.8 Å². The first kappa shape index (κ1) is 20.1. The van der Waals surface area contributed by atoms with Gasteiger partial charge in [-0.3, -0.25) is 10.1 Å². The van der Waals surface area contributed by atoms with Gasteiger partial charge in [0.25, 0.3) is 5.78 Å². The molecule has 0 radical (unpaired) electrons. The number of esters is 1. The Morgan fingerprint density at radius 3 is 2.22 bits per heavy atom. The first-order chi connectivity index (χ1) is 10.8. The maximum atomic E-state index is 12.0. The molecular formula is C18H32O5. The zero-order valence-corrected chi connectivity index (χ0v) is 15.0. The van der Waals surface area contributed by atoms with Gasteiger partial charge in [-0.25, -0.2) is 9.68 Å². The van der Waals surface area contributed by atoms with E-state index in [1.807, 2.05) is 6.92 Å². The molecule has 1 N–H and O–H groups in total. The standard InChI is InChI=1S/C18H32O5/c1-5-6-7-8-15(23-21)16(19)17(20)22-14-11-9-13(10-12-14)18(2,3)4/h13-15,21H,5-12H2,1-4H3. The molecule has 1 aliphatic carbocycles. The van der Waals surface area contributed by atoms with Crippen LogP contribution in [-0.4, -0.2) is 29.2 Å². The summed E-state index contributed by atoms with van der Waals surface area (Å²) >= 11 is 0. The maximum absolute atomic E-state index is 12.0. The number of hydrogen-bond acceptors (Lipinski definition) is 5. The summed E-state index contributed by atoms with van der Waals surface area (Å²) in [7, 11) is 0. The second-order valence-corrected chi connectivity index (χ2v) is 7.70. The molecule has 0 amide bonds. The molecule has 5 heteroatoms. The van der Waals surface area contributed by atoms with Crippen LogP contribution in [-0.2, 0) is 19.2 Å². The van der Waals surface area contributed by atoms with Crippen LogP contribution >= 0.6 is 0 Å². The van der Waals surface area contributed by atoms with E-state index in [1.54, 1.807) is 0 Å². The van der Waals surface area contributed by atoms with Gasteiger partial charge in [0, 0.05) is 0 Å². The van der Waals surface area contributed by atoms with Gasteiger partial charge >= 0.3 is 5.97 Å². The SMILES string of the molecule is CCCCCC(OO)C(=O)C(=O)OC1CCC(C(C)(C)C)CC1. The molecule has 1 unspecified atom stereocenters. The summed E-state index contributed by atoms with van der Waals surface area (Å²) in [5.74, 6) is -1.03. The Labute approximate surface area is 139 Å². The van der Waals surface area contributed by atoms with Crippen molar-refractivity contribution < 1.29 is 24.5 Å². The van der Waals surface area contributed by atoms with Crippen LogP contribution in [0.2, 0.25) is 0 Å². The molecule has 0 aromatic heterocycles. The lowest BCUT2D eigenvalue weighted by atomic mass is 9.72. The van der Waals surface area contributed by atoms with Crippen LogP contribution in [0.15, 0.2) is 0 Å². The minimum atomic E-state index is -1.10. The predicted molar refractivity (Wildman–Crippen MR) is 87.9 cm³/mol. The van der Waals surface area contributed by atoms with E-state index in [2.05, 4.69) is 25.7 Å². The molecule has 23 heavy (non-hydrogen) atoms. The summed E-state index contributed by atoms with van der Waals surface area (Å²) in [5, 5.41) is 8.85. The topological polar surface area (TPSA) is 72.8 Å². The highest BCUT2D eigenvalue weighted by atomic mass is 17.1. The minimum Gasteiger partial charge on any atom is -0.457 e. The molecule has 0 bridgehead atoms. The third-order valence-electron chi connectivity index (χ3n) is 4.86. The number of rotatable bonds is 8. The number of unbranched alkanes of at least 4 members (excludes halogenated alkanes) is 2. The van der Waals surface area contributed by atoms with Gasteiger partial charge in [-0.05, 0) is 43.4 Å². The van der Waals surface area contributed by atoms with E-state index in [1.165, 1.54) is 0 Å². The van der Waals surface area contributed by atoms with Crippen molar-refractivity contribution in [2.75, 3.05) is 0 Å². The smallest absolute Gasteiger partial charge is 0.377 e. The Morgan fingerprint density at radius 1 is 1.13 bits per heavy atom. The van der Waals surface area contributed by atoms with Crippen LogP contribution in [0.4, 0.5) is 0 Å². The fourth-order valence-corrected chi connectivity index (χ4v) is 3.20. The molecule has 134 valence electrons. The number of carbonyl (C=O) groups is 2. The fourth-order valence-electron chi connectivity index (χ4n) is 3.20. The zero-order valence-electron chi connectivity index (χ0n) is 15.0. The van der Waals surface area contributed by atoms with E-state index >= 15 is 0 Å². The molecule has 1 atom stereocenters.